The van der Waals surface area contributed by atoms with Gasteiger partial charge in [-0.3, -0.25) is 28.5 Å². The predicted octanol–water partition coefficient (Wildman–Crippen LogP) is 0.711. The highest BCUT2D eigenvalue weighted by atomic mass is 79.9. The molecule has 0 fully saturated rings. The van der Waals surface area contributed by atoms with Crippen LogP contribution in [-0.4, -0.2) is 97.4 Å². The molecule has 1 aliphatic heterocycles. The average Bonchev–Trinajstić information content (AvgIpc) is 2.80. The molecule has 198 valence electrons. The van der Waals surface area contributed by atoms with E-state index in [0.29, 0.717) is 68.7 Å². The minimum atomic E-state index is -0.430. The van der Waals surface area contributed by atoms with Crippen LogP contribution in [0.4, 0.5) is 0 Å². The second kappa shape index (κ2) is 10.5. The Morgan fingerprint density at radius 2 is 1.35 bits per heavy atom. The van der Waals surface area contributed by atoms with Crippen molar-refractivity contribution in [2.75, 3.05) is 68.5 Å². The first-order valence-corrected chi connectivity index (χ1v) is 12.9. The monoisotopic (exact) mass is 572 g/mol. The van der Waals surface area contributed by atoms with Crippen LogP contribution in [0.15, 0.2) is 36.0 Å². The number of halogens is 1. The summed E-state index contributed by atoms with van der Waals surface area (Å²) in [4.78, 5) is 51.6. The summed E-state index contributed by atoms with van der Waals surface area (Å²) in [5, 5.41) is 13.0. The molecular weight excluding hydrogens is 540 g/mol. The molecule has 2 heterocycles. The third kappa shape index (κ3) is 4.88. The van der Waals surface area contributed by atoms with Gasteiger partial charge in [-0.25, -0.2) is 0 Å². The van der Waals surface area contributed by atoms with Gasteiger partial charge < -0.3 is 19.8 Å². The molecule has 1 aromatic heterocycles. The molecule has 0 saturated carbocycles. The number of pyridine rings is 2. The van der Waals surface area contributed by atoms with Gasteiger partial charge in [0, 0.05) is 53.5 Å². The Balaban J connectivity index is 2.21. The van der Waals surface area contributed by atoms with Crippen molar-refractivity contribution in [3.05, 3.63) is 53.0 Å². The molecule has 0 atom stereocenters. The first-order valence-electron chi connectivity index (χ1n) is 12.1. The van der Waals surface area contributed by atoms with Crippen LogP contribution in [0.3, 0.4) is 0 Å². The fourth-order valence-corrected chi connectivity index (χ4v) is 5.21. The average molecular weight is 573 g/mol. The van der Waals surface area contributed by atoms with Gasteiger partial charge in [0.2, 0.25) is 5.88 Å². The SMILES string of the molecule is CN(C)CCN=c1cc2c(=O)n(CCN(C)C)c(=O)c3c(Br)cc4c(O)n(CCN(C)C)c(=O)c1c4c3-2. The van der Waals surface area contributed by atoms with E-state index >= 15 is 0 Å². The molecule has 37 heavy (non-hydrogen) atoms. The first kappa shape index (κ1) is 27.2. The Hall–Kier alpha value is -2.86. The van der Waals surface area contributed by atoms with Gasteiger partial charge in [-0.1, -0.05) is 0 Å². The van der Waals surface area contributed by atoms with E-state index in [4.69, 9.17) is 4.99 Å². The number of likely N-dealkylation sites (N-methyl/N-ethyl adjacent to an activating group) is 3. The summed E-state index contributed by atoms with van der Waals surface area (Å²) in [5.41, 5.74) is -0.566. The van der Waals surface area contributed by atoms with Crippen LogP contribution in [0, 0.1) is 0 Å². The van der Waals surface area contributed by atoms with E-state index in [1.807, 2.05) is 57.0 Å². The van der Waals surface area contributed by atoms with Gasteiger partial charge in [0.25, 0.3) is 16.7 Å². The normalized spacial score (nSPS) is 13.1. The number of hydrogen-bond acceptors (Lipinski definition) is 8. The van der Waals surface area contributed by atoms with E-state index in [9.17, 15) is 19.5 Å². The summed E-state index contributed by atoms with van der Waals surface area (Å²) in [5.74, 6) is -0.196. The molecule has 0 bridgehead atoms. The number of nitrogens with zero attached hydrogens (tertiary/aromatic N) is 6. The molecule has 4 rings (SSSR count). The highest BCUT2D eigenvalue weighted by Crippen LogP contribution is 2.40. The van der Waals surface area contributed by atoms with Crippen LogP contribution in [0.25, 0.3) is 32.7 Å². The quantitative estimate of drug-likeness (QED) is 0.295. The van der Waals surface area contributed by atoms with Gasteiger partial charge in [-0.15, -0.1) is 0 Å². The second-order valence-corrected chi connectivity index (χ2v) is 11.0. The maximum Gasteiger partial charge on any atom is 0.263 e. The zero-order valence-corrected chi connectivity index (χ0v) is 23.7. The van der Waals surface area contributed by atoms with Crippen molar-refractivity contribution in [2.24, 2.45) is 4.99 Å². The topological polar surface area (TPSA) is 103 Å². The molecular formula is C26H33BrN6O4. The number of hydrogen-bond donors (Lipinski definition) is 1. The fourth-order valence-electron chi connectivity index (χ4n) is 4.61. The molecule has 0 amide bonds. The van der Waals surface area contributed by atoms with E-state index in [2.05, 4.69) is 15.9 Å². The third-order valence-corrected chi connectivity index (χ3v) is 7.22. The summed E-state index contributed by atoms with van der Waals surface area (Å²) >= 11 is 3.52. The zero-order chi connectivity index (χ0) is 27.2. The molecule has 10 nitrogen and oxygen atoms in total. The van der Waals surface area contributed by atoms with E-state index < -0.39 is 16.7 Å². The van der Waals surface area contributed by atoms with Crippen molar-refractivity contribution in [2.45, 2.75) is 13.1 Å². The van der Waals surface area contributed by atoms with Gasteiger partial charge in [-0.2, -0.15) is 0 Å². The van der Waals surface area contributed by atoms with Crippen LogP contribution in [0.2, 0.25) is 0 Å². The van der Waals surface area contributed by atoms with Crippen LogP contribution < -0.4 is 22.0 Å². The fraction of sp³-hybridized carbons (Fsp3) is 0.462. The molecule has 2 aromatic rings. The summed E-state index contributed by atoms with van der Waals surface area (Å²) < 4.78 is 3.04. The lowest BCUT2D eigenvalue weighted by Gasteiger charge is -2.21. The lowest BCUT2D eigenvalue weighted by molar-refractivity contribution is 0.353. The molecule has 0 unspecified atom stereocenters. The van der Waals surface area contributed by atoms with E-state index in [-0.39, 0.29) is 19.0 Å². The molecule has 1 N–H and O–H groups in total. The Morgan fingerprint density at radius 3 is 1.95 bits per heavy atom. The lowest BCUT2D eigenvalue weighted by Crippen LogP contribution is -2.39. The molecule has 0 spiro atoms. The van der Waals surface area contributed by atoms with Gasteiger partial charge in [0.15, 0.2) is 0 Å². The minimum absolute atomic E-state index is 0.196. The van der Waals surface area contributed by atoms with Crippen molar-refractivity contribution in [3.63, 3.8) is 0 Å². The molecule has 0 radical (unpaired) electrons. The van der Waals surface area contributed by atoms with E-state index in [1.54, 1.807) is 12.1 Å². The summed E-state index contributed by atoms with van der Waals surface area (Å²) in [6.45, 7) is 2.62. The highest BCUT2D eigenvalue weighted by Gasteiger charge is 2.28. The highest BCUT2D eigenvalue weighted by molar-refractivity contribution is 9.10. The van der Waals surface area contributed by atoms with Gasteiger partial charge in [0.1, 0.15) is 0 Å². The standard InChI is InChI=1S/C26H33BrN6O4/c1-29(2)8-7-28-18-14-16-19-20-15(23(34)33(12-10-31(5)6)26(37)22(18)20)13-17(27)21(19)25(36)32(24(16)35)11-9-30(3)4/h13-14,34H,7-12H2,1-6H3. The van der Waals surface area contributed by atoms with Crippen molar-refractivity contribution in [1.29, 1.82) is 0 Å². The summed E-state index contributed by atoms with van der Waals surface area (Å²) in [6.07, 6.45) is 0. The number of aromatic nitrogens is 2. The van der Waals surface area contributed by atoms with Gasteiger partial charge in [0.05, 0.1) is 28.2 Å². The van der Waals surface area contributed by atoms with Crippen molar-refractivity contribution in [3.8, 4) is 17.0 Å². The molecule has 1 aliphatic carbocycles. The van der Waals surface area contributed by atoms with Crippen molar-refractivity contribution < 1.29 is 5.11 Å². The van der Waals surface area contributed by atoms with E-state index in [1.165, 1.54) is 9.13 Å². The van der Waals surface area contributed by atoms with Crippen molar-refractivity contribution in [1.82, 2.24) is 23.8 Å². The van der Waals surface area contributed by atoms with Crippen LogP contribution >= 0.6 is 15.9 Å². The van der Waals surface area contributed by atoms with Crippen LogP contribution in [-0.2, 0) is 13.1 Å². The predicted molar refractivity (Wildman–Crippen MR) is 151 cm³/mol. The number of rotatable bonds is 9. The molecule has 2 aliphatic rings. The second-order valence-electron chi connectivity index (χ2n) is 10.2. The first-order chi connectivity index (χ1) is 17.4. The Morgan fingerprint density at radius 1 is 0.784 bits per heavy atom. The maximum atomic E-state index is 13.8. The third-order valence-electron chi connectivity index (χ3n) is 6.60. The van der Waals surface area contributed by atoms with Gasteiger partial charge >= 0.3 is 0 Å². The Labute approximate surface area is 222 Å². The smallest absolute Gasteiger partial charge is 0.263 e. The van der Waals surface area contributed by atoms with Gasteiger partial charge in [-0.05, 0) is 70.3 Å². The van der Waals surface area contributed by atoms with Crippen LogP contribution in [0.5, 0.6) is 5.88 Å². The van der Waals surface area contributed by atoms with E-state index in [0.717, 1.165) is 0 Å². The molecule has 0 saturated heterocycles. The molecule has 1 aromatic carbocycles. The Kier molecular flexibility index (Phi) is 7.70. The zero-order valence-electron chi connectivity index (χ0n) is 22.1. The summed E-state index contributed by atoms with van der Waals surface area (Å²) in [7, 11) is 11.4. The Bertz CT molecular complexity index is 1660. The minimum Gasteiger partial charge on any atom is -0.494 e. The maximum absolute atomic E-state index is 13.8. The largest absolute Gasteiger partial charge is 0.494 e. The van der Waals surface area contributed by atoms with Crippen molar-refractivity contribution >= 4 is 37.5 Å². The lowest BCUT2D eigenvalue weighted by atomic mass is 9.90. The number of aromatic hydroxyl groups is 1. The molecule has 11 heteroatoms. The summed E-state index contributed by atoms with van der Waals surface area (Å²) in [6, 6.07) is 3.30. The number of benzene rings is 2. The van der Waals surface area contributed by atoms with Crippen LogP contribution in [0.1, 0.15) is 0 Å².